The Morgan fingerprint density at radius 2 is 1.34 bits per heavy atom. The monoisotopic (exact) mass is 772 g/mol. The molecule has 1 aliphatic heterocycles. The number of carbonyl (C=O) groups is 3. The van der Waals surface area contributed by atoms with E-state index in [2.05, 4.69) is 10.2 Å². The predicted molar refractivity (Wildman–Crippen MR) is 220 cm³/mol. The Hall–Kier alpha value is -6.40. The second-order valence-electron chi connectivity index (χ2n) is 14.4. The van der Waals surface area contributed by atoms with Crippen molar-refractivity contribution in [3.05, 3.63) is 144 Å². The van der Waals surface area contributed by atoms with E-state index < -0.39 is 15.9 Å². The molecule has 1 heterocycles. The molecule has 1 N–H and O–H groups in total. The van der Waals surface area contributed by atoms with Crippen LogP contribution in [-0.4, -0.2) is 75.1 Å². The maximum atomic E-state index is 13.7. The minimum absolute atomic E-state index is 0.168. The molecule has 0 saturated carbocycles. The third-order valence-electron chi connectivity index (χ3n) is 9.21. The first kappa shape index (κ1) is 39.3. The summed E-state index contributed by atoms with van der Waals surface area (Å²) in [6.07, 6.45) is -0.343. The van der Waals surface area contributed by atoms with Crippen LogP contribution in [0, 0.1) is 6.92 Å². The van der Waals surface area contributed by atoms with Crippen LogP contribution in [0.4, 0.5) is 21.9 Å². The van der Waals surface area contributed by atoms with Crippen molar-refractivity contribution in [2.75, 3.05) is 48.3 Å². The van der Waals surface area contributed by atoms with Crippen molar-refractivity contribution in [3.8, 4) is 16.9 Å². The first-order chi connectivity index (χ1) is 26.8. The van der Waals surface area contributed by atoms with E-state index in [0.29, 0.717) is 54.2 Å². The fraction of sp³-hybridized carbons (Fsp3) is 0.227. The molecule has 1 aliphatic rings. The average Bonchev–Trinajstić information content (AvgIpc) is 3.19. The van der Waals surface area contributed by atoms with Crippen LogP contribution in [0.2, 0.25) is 0 Å². The quantitative estimate of drug-likeness (QED) is 0.159. The molecule has 5 aromatic carbocycles. The molecule has 0 unspecified atom stereocenters. The van der Waals surface area contributed by atoms with Gasteiger partial charge < -0.3 is 29.5 Å². The van der Waals surface area contributed by atoms with E-state index in [1.54, 1.807) is 78.7 Å². The number of hydrogen-bond donors (Lipinski definition) is 1. The number of para-hydroxylation sites is 2. The molecule has 0 atom stereocenters. The number of nitrogens with one attached hydrogen (secondary N) is 1. The van der Waals surface area contributed by atoms with Gasteiger partial charge in [0.05, 0.1) is 5.69 Å². The van der Waals surface area contributed by atoms with E-state index in [9.17, 15) is 22.8 Å². The number of benzene rings is 5. The summed E-state index contributed by atoms with van der Waals surface area (Å²) >= 11 is 0. The number of carbonyl (C=O) groups excluding carboxylic acids is 3. The second-order valence-corrected chi connectivity index (χ2v) is 15.2. The summed E-state index contributed by atoms with van der Waals surface area (Å²) in [7, 11) is -1.18. The third kappa shape index (κ3) is 9.45. The molecule has 11 nitrogen and oxygen atoms in total. The number of amides is 3. The lowest BCUT2D eigenvalue weighted by Crippen LogP contribution is -2.50. The van der Waals surface area contributed by atoms with Gasteiger partial charge in [0.1, 0.15) is 5.60 Å². The zero-order valence-corrected chi connectivity index (χ0v) is 32.8. The van der Waals surface area contributed by atoms with Crippen molar-refractivity contribution >= 4 is 50.3 Å². The summed E-state index contributed by atoms with van der Waals surface area (Å²) in [6.45, 7) is 9.69. The van der Waals surface area contributed by atoms with Gasteiger partial charge in [-0.3, -0.25) is 9.59 Å². The van der Waals surface area contributed by atoms with E-state index in [1.807, 2.05) is 82.3 Å². The maximum absolute atomic E-state index is 13.7. The molecule has 0 spiro atoms. The smallest absolute Gasteiger partial charge is 0.410 e. The first-order valence-corrected chi connectivity index (χ1v) is 19.3. The van der Waals surface area contributed by atoms with Crippen molar-refractivity contribution in [2.24, 2.45) is 0 Å². The zero-order valence-electron chi connectivity index (χ0n) is 32.0. The summed E-state index contributed by atoms with van der Waals surface area (Å²) < 4.78 is 36.5. The SMILES string of the molecule is Cc1ccc(-c2ccccc2C(=O)Nc2ccc(C(=O)N(C)c3ccccc3OC(c3ccc(N4CCN(C(=O)OC(C)(C)C)CC4)cc3)=S(=O)=O)cc2)cc1. The van der Waals surface area contributed by atoms with Gasteiger partial charge in [-0.1, -0.05) is 60.2 Å². The van der Waals surface area contributed by atoms with Gasteiger partial charge in [-0.05, 0) is 106 Å². The van der Waals surface area contributed by atoms with Gasteiger partial charge in [0.25, 0.3) is 27.2 Å². The van der Waals surface area contributed by atoms with Crippen LogP contribution < -0.4 is 19.9 Å². The predicted octanol–water partition coefficient (Wildman–Crippen LogP) is 7.68. The number of ether oxygens (including phenoxy) is 2. The number of anilines is 3. The van der Waals surface area contributed by atoms with Crippen molar-refractivity contribution in [1.82, 2.24) is 4.90 Å². The molecule has 0 radical (unpaired) electrons. The topological polar surface area (TPSA) is 126 Å². The minimum Gasteiger partial charge on any atom is -0.444 e. The molecule has 0 aromatic heterocycles. The minimum atomic E-state index is -2.75. The van der Waals surface area contributed by atoms with E-state index in [-0.39, 0.29) is 28.7 Å². The molecule has 0 aliphatic carbocycles. The molecule has 288 valence electrons. The Morgan fingerprint density at radius 1 is 0.732 bits per heavy atom. The number of piperazine rings is 1. The van der Waals surface area contributed by atoms with E-state index in [0.717, 1.165) is 22.4 Å². The molecule has 1 fully saturated rings. The van der Waals surface area contributed by atoms with Crippen LogP contribution in [0.1, 0.15) is 52.6 Å². The second kappa shape index (κ2) is 17.0. The van der Waals surface area contributed by atoms with Crippen molar-refractivity contribution in [3.63, 3.8) is 0 Å². The standard InChI is InChI=1S/C44H44N4O7S/c1-30-14-16-31(17-15-30)36-10-6-7-11-37(36)40(49)45-34-22-18-32(19-23-34)41(50)46(5)38-12-8-9-13-39(38)54-42(56(52)53)33-20-24-35(25-21-33)47-26-28-48(29-27-47)43(51)55-44(2,3)4/h6-25H,26-29H2,1-5H3,(H,45,49). The highest BCUT2D eigenvalue weighted by atomic mass is 32.2. The number of nitrogens with zero attached hydrogens (tertiary/aromatic N) is 3. The molecule has 6 rings (SSSR count). The molecule has 12 heteroatoms. The molecule has 1 saturated heterocycles. The van der Waals surface area contributed by atoms with Crippen molar-refractivity contribution in [2.45, 2.75) is 33.3 Å². The Bertz CT molecular complexity index is 2350. The van der Waals surface area contributed by atoms with Crippen LogP contribution in [0.5, 0.6) is 5.75 Å². The lowest BCUT2D eigenvalue weighted by atomic mass is 9.98. The highest BCUT2D eigenvalue weighted by Gasteiger charge is 2.26. The molecule has 0 bridgehead atoms. The largest absolute Gasteiger partial charge is 0.444 e. The molecule has 5 aromatic rings. The van der Waals surface area contributed by atoms with Crippen molar-refractivity contribution < 1.29 is 32.3 Å². The Morgan fingerprint density at radius 3 is 1.98 bits per heavy atom. The first-order valence-electron chi connectivity index (χ1n) is 18.2. The van der Waals surface area contributed by atoms with Crippen LogP contribution in [0.25, 0.3) is 11.1 Å². The third-order valence-corrected chi connectivity index (χ3v) is 9.83. The normalized spacial score (nSPS) is 12.7. The fourth-order valence-corrected chi connectivity index (χ4v) is 6.74. The summed E-state index contributed by atoms with van der Waals surface area (Å²) in [6, 6.07) is 35.6. The summed E-state index contributed by atoms with van der Waals surface area (Å²) in [5, 5.41) is 2.63. The van der Waals surface area contributed by atoms with Crippen LogP contribution >= 0.6 is 0 Å². The molecule has 3 amide bonds. The van der Waals surface area contributed by atoms with E-state index >= 15 is 0 Å². The zero-order chi connectivity index (χ0) is 40.0. The fourth-order valence-electron chi connectivity index (χ4n) is 6.26. The average molecular weight is 773 g/mol. The van der Waals surface area contributed by atoms with Crippen molar-refractivity contribution in [1.29, 1.82) is 0 Å². The van der Waals surface area contributed by atoms with Gasteiger partial charge in [-0.15, -0.1) is 0 Å². The van der Waals surface area contributed by atoms with E-state index in [4.69, 9.17) is 9.47 Å². The summed E-state index contributed by atoms with van der Waals surface area (Å²) in [5.74, 6) is -0.482. The molecular weight excluding hydrogens is 729 g/mol. The highest BCUT2D eigenvalue weighted by Crippen LogP contribution is 2.30. The van der Waals surface area contributed by atoms with Gasteiger partial charge in [0.2, 0.25) is 0 Å². The van der Waals surface area contributed by atoms with E-state index in [1.165, 1.54) is 4.90 Å². The van der Waals surface area contributed by atoms with Gasteiger partial charge in [0, 0.05) is 61.3 Å². The molecular formula is C44H44N4O7S. The Labute approximate surface area is 328 Å². The lowest BCUT2D eigenvalue weighted by Gasteiger charge is -2.36. The van der Waals surface area contributed by atoms with Gasteiger partial charge in [-0.2, -0.15) is 8.42 Å². The highest BCUT2D eigenvalue weighted by molar-refractivity contribution is 7.73. The van der Waals surface area contributed by atoms with Gasteiger partial charge in [-0.25, -0.2) is 4.79 Å². The summed E-state index contributed by atoms with van der Waals surface area (Å²) in [5.41, 5.74) is 5.24. The number of aryl methyl sites for hydroxylation is 1. The summed E-state index contributed by atoms with van der Waals surface area (Å²) in [4.78, 5) is 44.7. The van der Waals surface area contributed by atoms with Crippen LogP contribution in [0.15, 0.2) is 121 Å². The maximum Gasteiger partial charge on any atom is 0.410 e. The van der Waals surface area contributed by atoms with Gasteiger partial charge in [0.15, 0.2) is 5.75 Å². The number of hydrogen-bond acceptors (Lipinski definition) is 8. The van der Waals surface area contributed by atoms with Crippen LogP contribution in [0.3, 0.4) is 0 Å². The Kier molecular flexibility index (Phi) is 11.9. The molecule has 56 heavy (non-hydrogen) atoms. The Balaban J connectivity index is 1.11. The number of rotatable bonds is 8. The lowest BCUT2D eigenvalue weighted by molar-refractivity contribution is 0.0240. The van der Waals surface area contributed by atoms with Gasteiger partial charge >= 0.3 is 6.09 Å². The van der Waals surface area contributed by atoms with Crippen LogP contribution in [-0.2, 0) is 15.0 Å².